The lowest BCUT2D eigenvalue weighted by molar-refractivity contribution is 0.123. The van der Waals surface area contributed by atoms with E-state index < -0.39 is 64.0 Å². The number of rotatable bonds is 16. The summed E-state index contributed by atoms with van der Waals surface area (Å²) in [4.78, 5) is 31.2. The van der Waals surface area contributed by atoms with Gasteiger partial charge in [-0.25, -0.2) is 35.1 Å². The van der Waals surface area contributed by atoms with Crippen LogP contribution < -0.4 is 24.7 Å². The van der Waals surface area contributed by atoms with Crippen LogP contribution in [-0.4, -0.2) is 57.7 Å². The molecule has 0 spiro atoms. The molecule has 0 bridgehead atoms. The summed E-state index contributed by atoms with van der Waals surface area (Å²) in [5.41, 5.74) is -0.128. The molecule has 6 aromatic rings. The topological polar surface area (TPSA) is 158 Å². The van der Waals surface area contributed by atoms with Gasteiger partial charge in [-0.2, -0.15) is 10.1 Å². The Hall–Kier alpha value is -6.14. The lowest BCUT2D eigenvalue weighted by Crippen LogP contribution is -2.35. The first-order valence-electron chi connectivity index (χ1n) is 18.1. The Labute approximate surface area is 339 Å². The molecule has 1 fully saturated rings. The molecule has 1 saturated carbocycles. The van der Waals surface area contributed by atoms with Crippen LogP contribution >= 0.6 is 11.6 Å². The number of carboxylic acid groups (broad SMARTS) is 1. The highest BCUT2D eigenvalue weighted by atomic mass is 35.5. The number of benzene rings is 4. The van der Waals surface area contributed by atoms with Gasteiger partial charge in [-0.1, -0.05) is 54.1 Å². The SMILES string of the molecule is COc1ccc(CN(c2nn(CC(F)F)c3c(-n4c(C(Cc5cc(F)cc(F)c5)NC(=O)O)nc(OCc5ccccc5)cc4=O)ccc(Cl)c23)S(=O)(=O)C2CC2)cc1. The number of carbonyl (C=O) groups is 1. The predicted octanol–water partition coefficient (Wildman–Crippen LogP) is 7.42. The van der Waals surface area contributed by atoms with E-state index in [1.807, 2.05) is 0 Å². The normalized spacial score (nSPS) is 13.4. The summed E-state index contributed by atoms with van der Waals surface area (Å²) in [5.74, 6) is -2.33. The molecule has 2 aromatic heterocycles. The molecular weight excluding hydrogens is 820 g/mol. The zero-order valence-electron chi connectivity index (χ0n) is 31.1. The summed E-state index contributed by atoms with van der Waals surface area (Å²) in [6.07, 6.45) is -4.39. The van der Waals surface area contributed by atoms with Crippen molar-refractivity contribution < 1.29 is 45.4 Å². The van der Waals surface area contributed by atoms with E-state index in [1.165, 1.54) is 19.2 Å². The van der Waals surface area contributed by atoms with Gasteiger partial charge in [-0.05, 0) is 65.9 Å². The van der Waals surface area contributed by atoms with Gasteiger partial charge in [0.1, 0.15) is 36.4 Å². The van der Waals surface area contributed by atoms with Gasteiger partial charge >= 0.3 is 6.09 Å². The molecule has 13 nitrogen and oxygen atoms in total. The molecule has 59 heavy (non-hydrogen) atoms. The highest BCUT2D eigenvalue weighted by Crippen LogP contribution is 2.42. The summed E-state index contributed by atoms with van der Waals surface area (Å²) in [5, 5.41) is 15.7. The third-order valence-electron chi connectivity index (χ3n) is 9.45. The highest BCUT2D eigenvalue weighted by molar-refractivity contribution is 7.93. The monoisotopic (exact) mass is 854 g/mol. The van der Waals surface area contributed by atoms with Crippen molar-refractivity contribution in [2.24, 2.45) is 0 Å². The lowest BCUT2D eigenvalue weighted by atomic mass is 10.0. The Morgan fingerprint density at radius 1 is 0.983 bits per heavy atom. The minimum Gasteiger partial charge on any atom is -0.497 e. The Morgan fingerprint density at radius 3 is 2.31 bits per heavy atom. The number of nitrogens with one attached hydrogen (secondary N) is 1. The number of nitrogens with zero attached hydrogens (tertiary/aromatic N) is 5. The van der Waals surface area contributed by atoms with Gasteiger partial charge in [0, 0.05) is 12.5 Å². The second kappa shape index (κ2) is 17.0. The van der Waals surface area contributed by atoms with Gasteiger partial charge in [-0.15, -0.1) is 0 Å². The van der Waals surface area contributed by atoms with Crippen molar-refractivity contribution in [1.82, 2.24) is 24.6 Å². The van der Waals surface area contributed by atoms with E-state index in [9.17, 15) is 40.7 Å². The number of anilines is 1. The van der Waals surface area contributed by atoms with Gasteiger partial charge in [0.15, 0.2) is 5.82 Å². The van der Waals surface area contributed by atoms with Gasteiger partial charge in [0.25, 0.3) is 12.0 Å². The molecule has 4 aromatic carbocycles. The molecule has 2 heterocycles. The maximum atomic E-state index is 14.4. The molecule has 308 valence electrons. The van der Waals surface area contributed by atoms with Gasteiger partial charge < -0.3 is 19.9 Å². The number of halogens is 5. The maximum absolute atomic E-state index is 14.4. The number of aromatic nitrogens is 4. The van der Waals surface area contributed by atoms with Gasteiger partial charge in [0.2, 0.25) is 15.9 Å². The fraction of sp³-hybridized carbons (Fsp3) is 0.250. The van der Waals surface area contributed by atoms with Crippen molar-refractivity contribution in [3.63, 3.8) is 0 Å². The number of ether oxygens (including phenoxy) is 2. The quantitative estimate of drug-likeness (QED) is 0.0946. The van der Waals surface area contributed by atoms with Crippen LogP contribution in [0.2, 0.25) is 5.02 Å². The summed E-state index contributed by atoms with van der Waals surface area (Å²) in [6, 6.07) is 20.0. The van der Waals surface area contributed by atoms with Gasteiger partial charge in [-0.3, -0.25) is 14.0 Å². The highest BCUT2D eigenvalue weighted by Gasteiger charge is 2.42. The van der Waals surface area contributed by atoms with Crippen molar-refractivity contribution in [3.05, 3.63) is 141 Å². The molecule has 1 atom stereocenters. The molecule has 1 aliphatic rings. The fourth-order valence-electron chi connectivity index (χ4n) is 6.67. The van der Waals surface area contributed by atoms with Crippen LogP contribution in [0.1, 0.15) is 41.4 Å². The predicted molar refractivity (Wildman–Crippen MR) is 210 cm³/mol. The van der Waals surface area contributed by atoms with Crippen LogP contribution in [0.25, 0.3) is 16.6 Å². The summed E-state index contributed by atoms with van der Waals surface area (Å²) in [6.45, 7) is -1.43. The van der Waals surface area contributed by atoms with Crippen LogP contribution in [0, 0.1) is 11.6 Å². The summed E-state index contributed by atoms with van der Waals surface area (Å²) < 4.78 is 99.8. The minimum atomic E-state index is -4.17. The molecule has 1 unspecified atom stereocenters. The lowest BCUT2D eigenvalue weighted by Gasteiger charge is -2.24. The third-order valence-corrected chi connectivity index (χ3v) is 12.0. The Balaban J connectivity index is 1.47. The second-order valence-corrected chi connectivity index (χ2v) is 16.2. The standard InChI is InChI=1S/C40H35ClF4N6O7S/c1-57-28-9-7-23(8-10-28)20-50(59(55,56)29-11-12-29)39-36-30(41)13-14-32(37(36)49(48-39)21-33(44)45)51-35(52)19-34(58-22-24-5-3-2-4-6-24)47-38(51)31(46-40(53)54)17-25-15-26(42)18-27(43)16-25/h2-10,13-16,18-19,29,31,33,46H,11-12,17,20-22H2,1H3,(H,53,54). The number of hydrogen-bond donors (Lipinski definition) is 2. The first-order valence-corrected chi connectivity index (χ1v) is 20.0. The van der Waals surface area contributed by atoms with Crippen LogP contribution in [-0.2, 0) is 36.1 Å². The van der Waals surface area contributed by atoms with Crippen LogP contribution in [0.15, 0.2) is 95.8 Å². The Kier molecular flexibility index (Phi) is 11.8. The molecule has 0 aliphatic heterocycles. The fourth-order valence-corrected chi connectivity index (χ4v) is 8.70. The van der Waals surface area contributed by atoms with Gasteiger partial charge in [0.05, 0.1) is 52.6 Å². The third kappa shape index (κ3) is 9.13. The van der Waals surface area contributed by atoms with Crippen molar-refractivity contribution in [2.75, 3.05) is 11.4 Å². The average Bonchev–Trinajstić information content (AvgIpc) is 3.99. The number of hydrogen-bond acceptors (Lipinski definition) is 8. The molecule has 19 heteroatoms. The molecule has 0 saturated heterocycles. The first kappa shape index (κ1) is 41.0. The molecule has 1 amide bonds. The molecule has 0 radical (unpaired) electrons. The zero-order valence-corrected chi connectivity index (χ0v) is 32.6. The van der Waals surface area contributed by atoms with Crippen LogP contribution in [0.4, 0.5) is 28.2 Å². The largest absolute Gasteiger partial charge is 0.497 e. The maximum Gasteiger partial charge on any atom is 0.405 e. The molecule has 7 rings (SSSR count). The minimum absolute atomic E-state index is 0.0246. The van der Waals surface area contributed by atoms with Crippen molar-refractivity contribution in [1.29, 1.82) is 0 Å². The molecule has 2 N–H and O–H groups in total. The van der Waals surface area contributed by atoms with Crippen molar-refractivity contribution >= 4 is 44.4 Å². The van der Waals surface area contributed by atoms with E-state index in [-0.39, 0.29) is 57.9 Å². The van der Waals surface area contributed by atoms with Crippen molar-refractivity contribution in [2.45, 2.75) is 56.7 Å². The van der Waals surface area contributed by atoms with E-state index >= 15 is 0 Å². The van der Waals surface area contributed by atoms with Crippen molar-refractivity contribution in [3.8, 4) is 17.3 Å². The number of methoxy groups -OCH3 is 1. The van der Waals surface area contributed by atoms with E-state index in [4.69, 9.17) is 21.1 Å². The number of amides is 1. The first-order chi connectivity index (χ1) is 28.2. The second-order valence-electron chi connectivity index (χ2n) is 13.7. The van der Waals surface area contributed by atoms with E-state index in [2.05, 4.69) is 15.4 Å². The van der Waals surface area contributed by atoms with Crippen LogP contribution in [0.5, 0.6) is 11.6 Å². The van der Waals surface area contributed by atoms with E-state index in [1.54, 1.807) is 54.6 Å². The van der Waals surface area contributed by atoms with E-state index in [0.29, 0.717) is 35.8 Å². The summed E-state index contributed by atoms with van der Waals surface area (Å²) >= 11 is 6.81. The molecule has 1 aliphatic carbocycles. The van der Waals surface area contributed by atoms with Crippen LogP contribution in [0.3, 0.4) is 0 Å². The average molecular weight is 855 g/mol. The Morgan fingerprint density at radius 2 is 1.68 bits per heavy atom. The smallest absolute Gasteiger partial charge is 0.405 e. The number of alkyl halides is 2. The summed E-state index contributed by atoms with van der Waals surface area (Å²) in [7, 11) is -2.70. The zero-order chi connectivity index (χ0) is 42.0. The van der Waals surface area contributed by atoms with E-state index in [0.717, 1.165) is 31.8 Å². The number of fused-ring (bicyclic) bond motifs is 1. The molecular formula is C40H35ClF4N6O7S. The number of sulfonamides is 1. The Bertz CT molecular complexity index is 2660.